The predicted octanol–water partition coefficient (Wildman–Crippen LogP) is 3.95. The van der Waals surface area contributed by atoms with Gasteiger partial charge in [0.1, 0.15) is 0 Å². The second-order valence-corrected chi connectivity index (χ2v) is 6.62. The number of nitrogens with one attached hydrogen (secondary N) is 2. The summed E-state index contributed by atoms with van der Waals surface area (Å²) in [5.41, 5.74) is 1.07. The number of benzene rings is 1. The minimum absolute atomic E-state index is 0. The van der Waals surface area contributed by atoms with Crippen molar-refractivity contribution in [2.24, 2.45) is 4.99 Å². The highest BCUT2D eigenvalue weighted by Gasteiger charge is 2.05. The fourth-order valence-corrected chi connectivity index (χ4v) is 3.07. The summed E-state index contributed by atoms with van der Waals surface area (Å²) in [6.07, 6.45) is 0. The second kappa shape index (κ2) is 11.2. The summed E-state index contributed by atoms with van der Waals surface area (Å²) in [4.78, 5) is 7.25. The molecule has 0 aliphatic heterocycles. The summed E-state index contributed by atoms with van der Waals surface area (Å²) in [5, 5.41) is 6.63. The first kappa shape index (κ1) is 21.6. The molecule has 0 aliphatic rings. The maximum Gasteiger partial charge on any atom is 0.191 e. The second-order valence-electron chi connectivity index (χ2n) is 5.25. The zero-order valence-corrected chi connectivity index (χ0v) is 18.2. The Morgan fingerprint density at radius 3 is 2.44 bits per heavy atom. The summed E-state index contributed by atoms with van der Waals surface area (Å²) in [5.74, 6) is 2.25. The summed E-state index contributed by atoms with van der Waals surface area (Å²) in [7, 11) is 3.27. The minimum Gasteiger partial charge on any atom is -0.493 e. The topological polar surface area (TPSA) is 54.9 Å². The molecule has 2 aromatic rings. The molecule has 0 fully saturated rings. The van der Waals surface area contributed by atoms with Gasteiger partial charge in [0.25, 0.3) is 0 Å². The Balaban J connectivity index is 0.00000312. The largest absolute Gasteiger partial charge is 0.493 e. The van der Waals surface area contributed by atoms with Crippen LogP contribution >= 0.6 is 35.3 Å². The summed E-state index contributed by atoms with van der Waals surface area (Å²) in [6, 6.07) is 10.1. The Bertz CT molecular complexity index is 689. The van der Waals surface area contributed by atoms with Crippen LogP contribution in [0.2, 0.25) is 0 Å². The van der Waals surface area contributed by atoms with E-state index in [-0.39, 0.29) is 24.0 Å². The number of ether oxygens (including phenoxy) is 2. The number of thiophene rings is 1. The molecule has 5 nitrogen and oxygen atoms in total. The van der Waals surface area contributed by atoms with Crippen LogP contribution < -0.4 is 20.1 Å². The molecule has 0 radical (unpaired) electrons. The van der Waals surface area contributed by atoms with Crippen LogP contribution in [-0.4, -0.2) is 26.7 Å². The molecule has 1 heterocycles. The third-order valence-corrected chi connectivity index (χ3v) is 4.44. The fraction of sp³-hybridized carbons (Fsp3) is 0.389. The average Bonchev–Trinajstić information content (AvgIpc) is 3.02. The highest BCUT2D eigenvalue weighted by Crippen LogP contribution is 2.27. The van der Waals surface area contributed by atoms with Gasteiger partial charge in [-0.15, -0.1) is 35.3 Å². The number of hydrogen-bond donors (Lipinski definition) is 2. The molecule has 138 valence electrons. The first-order valence-corrected chi connectivity index (χ1v) is 8.76. The van der Waals surface area contributed by atoms with Gasteiger partial charge in [-0.2, -0.15) is 0 Å². The van der Waals surface area contributed by atoms with Gasteiger partial charge in [-0.25, -0.2) is 4.99 Å². The molecule has 0 saturated carbocycles. The van der Waals surface area contributed by atoms with Gasteiger partial charge in [0.05, 0.1) is 27.3 Å². The van der Waals surface area contributed by atoms with E-state index in [1.807, 2.05) is 18.2 Å². The molecule has 25 heavy (non-hydrogen) atoms. The van der Waals surface area contributed by atoms with Crippen LogP contribution in [0, 0.1) is 6.92 Å². The summed E-state index contributed by atoms with van der Waals surface area (Å²) >= 11 is 1.80. The van der Waals surface area contributed by atoms with Gasteiger partial charge >= 0.3 is 0 Å². The highest BCUT2D eigenvalue weighted by atomic mass is 127. The molecule has 0 aliphatic carbocycles. The molecule has 0 unspecified atom stereocenters. The number of guanidine groups is 1. The van der Waals surface area contributed by atoms with Gasteiger partial charge in [-0.1, -0.05) is 6.07 Å². The van der Waals surface area contributed by atoms with Gasteiger partial charge in [0, 0.05) is 16.3 Å². The zero-order chi connectivity index (χ0) is 17.4. The molecule has 2 N–H and O–H groups in total. The maximum absolute atomic E-state index is 5.34. The van der Waals surface area contributed by atoms with E-state index in [9.17, 15) is 0 Å². The van der Waals surface area contributed by atoms with E-state index in [0.29, 0.717) is 6.54 Å². The minimum atomic E-state index is 0. The van der Waals surface area contributed by atoms with E-state index in [1.54, 1.807) is 25.6 Å². The first-order valence-electron chi connectivity index (χ1n) is 7.94. The fourth-order valence-electron chi connectivity index (χ4n) is 2.24. The number of halogens is 1. The smallest absolute Gasteiger partial charge is 0.191 e. The lowest BCUT2D eigenvalue weighted by molar-refractivity contribution is 0.354. The van der Waals surface area contributed by atoms with Crippen LogP contribution in [0.15, 0.2) is 35.3 Å². The van der Waals surface area contributed by atoms with Gasteiger partial charge in [0.15, 0.2) is 17.5 Å². The molecule has 1 aromatic carbocycles. The lowest BCUT2D eigenvalue weighted by Crippen LogP contribution is -2.36. The quantitative estimate of drug-likeness (QED) is 0.362. The van der Waals surface area contributed by atoms with Crippen molar-refractivity contribution in [1.29, 1.82) is 0 Å². The Hall–Kier alpha value is -1.48. The van der Waals surface area contributed by atoms with E-state index in [4.69, 9.17) is 9.47 Å². The van der Waals surface area contributed by atoms with Gasteiger partial charge < -0.3 is 20.1 Å². The van der Waals surface area contributed by atoms with Crippen LogP contribution in [0.25, 0.3) is 0 Å². The molecule has 0 saturated heterocycles. The SMILES string of the molecule is CCNC(=NCc1ccc(OC)c(OC)c1)NCc1ccc(C)s1.I. The summed E-state index contributed by atoms with van der Waals surface area (Å²) < 4.78 is 10.6. The van der Waals surface area contributed by atoms with Gasteiger partial charge in [-0.05, 0) is 43.7 Å². The Morgan fingerprint density at radius 1 is 1.08 bits per heavy atom. The Kier molecular flexibility index (Phi) is 9.66. The molecule has 7 heteroatoms. The van der Waals surface area contributed by atoms with Crippen molar-refractivity contribution < 1.29 is 9.47 Å². The Morgan fingerprint density at radius 2 is 1.84 bits per heavy atom. The van der Waals surface area contributed by atoms with Crippen molar-refractivity contribution >= 4 is 41.3 Å². The van der Waals surface area contributed by atoms with Crippen molar-refractivity contribution in [2.75, 3.05) is 20.8 Å². The number of methoxy groups -OCH3 is 2. The van der Waals surface area contributed by atoms with E-state index in [0.717, 1.165) is 36.1 Å². The molecule has 2 rings (SSSR count). The molecule has 0 amide bonds. The standard InChI is InChI=1S/C18H25N3O2S.HI/c1-5-19-18(21-12-15-8-6-13(2)24-15)20-11-14-7-9-16(22-3)17(10-14)23-4;/h6-10H,5,11-12H2,1-4H3,(H2,19,20,21);1H. The van der Waals surface area contributed by atoms with E-state index < -0.39 is 0 Å². The molecule has 0 spiro atoms. The van der Waals surface area contributed by atoms with E-state index in [2.05, 4.69) is 41.6 Å². The van der Waals surface area contributed by atoms with Crippen LogP contribution in [-0.2, 0) is 13.1 Å². The first-order chi connectivity index (χ1) is 11.7. The molecule has 1 aromatic heterocycles. The van der Waals surface area contributed by atoms with Crippen molar-refractivity contribution in [3.63, 3.8) is 0 Å². The number of hydrogen-bond acceptors (Lipinski definition) is 4. The molecule has 0 bridgehead atoms. The third-order valence-electron chi connectivity index (χ3n) is 3.44. The summed E-state index contributed by atoms with van der Waals surface area (Å²) in [6.45, 7) is 6.34. The number of rotatable bonds is 7. The lowest BCUT2D eigenvalue weighted by Gasteiger charge is -2.11. The average molecular weight is 475 g/mol. The van der Waals surface area contributed by atoms with Crippen LogP contribution in [0.1, 0.15) is 22.2 Å². The molecular formula is C18H26IN3O2S. The Labute approximate surface area is 170 Å². The number of nitrogens with zero attached hydrogens (tertiary/aromatic N) is 1. The third kappa shape index (κ3) is 6.74. The van der Waals surface area contributed by atoms with Crippen LogP contribution in [0.4, 0.5) is 0 Å². The van der Waals surface area contributed by atoms with E-state index >= 15 is 0 Å². The van der Waals surface area contributed by atoms with Crippen molar-refractivity contribution in [3.8, 4) is 11.5 Å². The van der Waals surface area contributed by atoms with Crippen molar-refractivity contribution in [1.82, 2.24) is 10.6 Å². The monoisotopic (exact) mass is 475 g/mol. The number of aryl methyl sites for hydroxylation is 1. The van der Waals surface area contributed by atoms with Crippen LogP contribution in [0.5, 0.6) is 11.5 Å². The molecular weight excluding hydrogens is 449 g/mol. The number of aliphatic imine (C=N–C) groups is 1. The molecule has 0 atom stereocenters. The predicted molar refractivity (Wildman–Crippen MR) is 116 cm³/mol. The van der Waals surface area contributed by atoms with Crippen molar-refractivity contribution in [2.45, 2.75) is 26.9 Å². The highest BCUT2D eigenvalue weighted by molar-refractivity contribution is 14.0. The normalized spacial score (nSPS) is 10.8. The van der Waals surface area contributed by atoms with Gasteiger partial charge in [-0.3, -0.25) is 0 Å². The maximum atomic E-state index is 5.34. The van der Waals surface area contributed by atoms with Gasteiger partial charge in [0.2, 0.25) is 0 Å². The zero-order valence-electron chi connectivity index (χ0n) is 15.1. The van der Waals surface area contributed by atoms with Crippen molar-refractivity contribution in [3.05, 3.63) is 45.6 Å². The lowest BCUT2D eigenvalue weighted by atomic mass is 10.2. The van der Waals surface area contributed by atoms with E-state index in [1.165, 1.54) is 9.75 Å². The van der Waals surface area contributed by atoms with Crippen LogP contribution in [0.3, 0.4) is 0 Å².